The number of hydrogen-bond acceptors (Lipinski definition) is 6. The summed E-state index contributed by atoms with van der Waals surface area (Å²) in [6.07, 6.45) is 8.10. The molecule has 2 fully saturated rings. The van der Waals surface area contributed by atoms with Gasteiger partial charge in [-0.1, -0.05) is 25.7 Å². The van der Waals surface area contributed by atoms with Crippen molar-refractivity contribution in [2.24, 2.45) is 29.1 Å². The summed E-state index contributed by atoms with van der Waals surface area (Å²) in [7, 11) is 1.36. The number of carbonyl (C=O) groups excluding carboxylic acids is 3. The van der Waals surface area contributed by atoms with Crippen molar-refractivity contribution in [1.82, 2.24) is 0 Å². The zero-order chi connectivity index (χ0) is 28.7. The molecule has 1 amide bonds. The molecule has 0 bridgehead atoms. The van der Waals surface area contributed by atoms with Crippen molar-refractivity contribution in [3.63, 3.8) is 0 Å². The molecule has 7 heteroatoms. The summed E-state index contributed by atoms with van der Waals surface area (Å²) in [4.78, 5) is 42.5. The lowest BCUT2D eigenvalue weighted by atomic mass is 9.82. The Labute approximate surface area is 239 Å². The molecular formula is C32H47NO5S. The smallest absolute Gasteiger partial charge is 0.350 e. The van der Waals surface area contributed by atoms with Gasteiger partial charge in [0.2, 0.25) is 5.91 Å². The average molecular weight is 558 g/mol. The van der Waals surface area contributed by atoms with Crippen LogP contribution in [0.2, 0.25) is 0 Å². The van der Waals surface area contributed by atoms with Gasteiger partial charge in [0.1, 0.15) is 4.88 Å². The quantitative estimate of drug-likeness (QED) is 0.249. The fourth-order valence-electron chi connectivity index (χ4n) is 5.46. The largest absolute Gasteiger partial charge is 0.465 e. The van der Waals surface area contributed by atoms with Crippen molar-refractivity contribution in [3.8, 4) is 11.8 Å². The molecule has 2 saturated carbocycles. The highest BCUT2D eigenvalue weighted by Crippen LogP contribution is 2.37. The van der Waals surface area contributed by atoms with Crippen LogP contribution in [0.5, 0.6) is 0 Å². The van der Waals surface area contributed by atoms with Gasteiger partial charge in [-0.25, -0.2) is 4.79 Å². The molecule has 0 aromatic carbocycles. The topological polar surface area (TPSA) is 72.9 Å². The summed E-state index contributed by atoms with van der Waals surface area (Å²) >= 11 is 1.26. The van der Waals surface area contributed by atoms with Gasteiger partial charge in [-0.2, -0.15) is 0 Å². The number of thiophene rings is 1. The summed E-state index contributed by atoms with van der Waals surface area (Å²) in [5, 5.41) is 0. The lowest BCUT2D eigenvalue weighted by Gasteiger charge is -2.35. The highest BCUT2D eigenvalue weighted by atomic mass is 32.1. The van der Waals surface area contributed by atoms with Crippen molar-refractivity contribution in [2.75, 3.05) is 18.6 Å². The molecule has 1 aromatic rings. The van der Waals surface area contributed by atoms with Crippen LogP contribution in [0.4, 0.5) is 5.69 Å². The summed E-state index contributed by atoms with van der Waals surface area (Å²) in [6.45, 7) is 12.8. The van der Waals surface area contributed by atoms with Gasteiger partial charge < -0.3 is 14.4 Å². The monoisotopic (exact) mass is 557 g/mol. The van der Waals surface area contributed by atoms with Gasteiger partial charge in [-0.15, -0.1) is 11.3 Å². The van der Waals surface area contributed by atoms with Crippen LogP contribution in [-0.4, -0.2) is 37.6 Å². The van der Waals surface area contributed by atoms with Gasteiger partial charge in [0.25, 0.3) is 0 Å². The highest BCUT2D eigenvalue weighted by molar-refractivity contribution is 7.15. The Morgan fingerprint density at radius 2 is 1.56 bits per heavy atom. The second kappa shape index (κ2) is 13.8. The Hall–Kier alpha value is -2.33. The van der Waals surface area contributed by atoms with Crippen molar-refractivity contribution in [1.29, 1.82) is 0 Å². The van der Waals surface area contributed by atoms with Gasteiger partial charge in [0.05, 0.1) is 30.2 Å². The lowest BCUT2D eigenvalue weighted by molar-refractivity contribution is -0.150. The summed E-state index contributed by atoms with van der Waals surface area (Å²) in [5.41, 5.74) is 0.353. The minimum Gasteiger partial charge on any atom is -0.465 e. The van der Waals surface area contributed by atoms with E-state index in [1.165, 1.54) is 18.4 Å². The van der Waals surface area contributed by atoms with Crippen molar-refractivity contribution >= 4 is 34.9 Å². The number of amides is 1. The van der Waals surface area contributed by atoms with E-state index in [1.54, 1.807) is 4.90 Å². The number of esters is 2. The van der Waals surface area contributed by atoms with Gasteiger partial charge >= 0.3 is 11.9 Å². The number of anilines is 1. The third-order valence-electron chi connectivity index (χ3n) is 8.08. The van der Waals surface area contributed by atoms with Crippen LogP contribution < -0.4 is 4.90 Å². The zero-order valence-electron chi connectivity index (χ0n) is 24.9. The molecule has 0 spiro atoms. The first-order valence-corrected chi connectivity index (χ1v) is 15.5. The molecule has 1 heterocycles. The number of hydrogen-bond donors (Lipinski definition) is 0. The van der Waals surface area contributed by atoms with E-state index in [-0.39, 0.29) is 41.8 Å². The maximum atomic E-state index is 14.0. The number of nitrogens with zero attached hydrogens (tertiary/aromatic N) is 1. The van der Waals surface area contributed by atoms with E-state index in [2.05, 4.69) is 25.7 Å². The molecule has 39 heavy (non-hydrogen) atoms. The molecule has 3 rings (SSSR count). The van der Waals surface area contributed by atoms with E-state index in [0.717, 1.165) is 56.2 Å². The van der Waals surface area contributed by atoms with E-state index in [0.29, 0.717) is 28.8 Å². The zero-order valence-corrected chi connectivity index (χ0v) is 25.7. The van der Waals surface area contributed by atoms with Gasteiger partial charge in [0, 0.05) is 23.8 Å². The van der Waals surface area contributed by atoms with Crippen molar-refractivity contribution in [2.45, 2.75) is 105 Å². The first kappa shape index (κ1) is 31.2. The lowest BCUT2D eigenvalue weighted by Crippen LogP contribution is -2.44. The molecule has 1 aromatic heterocycles. The van der Waals surface area contributed by atoms with Crippen LogP contribution in [0.1, 0.15) is 114 Å². The Balaban J connectivity index is 1.85. The molecule has 2 aliphatic rings. The summed E-state index contributed by atoms with van der Waals surface area (Å²) in [5.74, 6) is 7.02. The third-order valence-corrected chi connectivity index (χ3v) is 9.10. The second-order valence-electron chi connectivity index (χ2n) is 12.7. The molecule has 0 aliphatic heterocycles. The number of carbonyl (C=O) groups is 3. The molecule has 0 radical (unpaired) electrons. The van der Waals surface area contributed by atoms with Crippen LogP contribution in [0.3, 0.4) is 0 Å². The van der Waals surface area contributed by atoms with Crippen molar-refractivity contribution in [3.05, 3.63) is 15.8 Å². The van der Waals surface area contributed by atoms with Gasteiger partial charge in [0.15, 0.2) is 0 Å². The van der Waals surface area contributed by atoms with Gasteiger partial charge in [-0.3, -0.25) is 9.59 Å². The van der Waals surface area contributed by atoms with Crippen LogP contribution in [-0.2, 0) is 19.1 Å². The maximum absolute atomic E-state index is 14.0. The molecule has 2 aliphatic carbocycles. The normalized spacial score (nSPS) is 24.2. The fraction of sp³-hybridized carbons (Fsp3) is 0.719. The fourth-order valence-corrected chi connectivity index (χ4v) is 6.38. The maximum Gasteiger partial charge on any atom is 0.350 e. The van der Waals surface area contributed by atoms with E-state index in [4.69, 9.17) is 9.47 Å². The molecular weight excluding hydrogens is 510 g/mol. The first-order chi connectivity index (χ1) is 18.4. The number of methoxy groups -OCH3 is 1. The van der Waals surface area contributed by atoms with Crippen molar-refractivity contribution < 1.29 is 23.9 Å². The minimum absolute atomic E-state index is 0.0229. The van der Waals surface area contributed by atoms with Gasteiger partial charge in [-0.05, 0) is 97.0 Å². The van der Waals surface area contributed by atoms with E-state index >= 15 is 0 Å². The Bertz CT molecular complexity index is 1060. The Morgan fingerprint density at radius 3 is 2.10 bits per heavy atom. The molecule has 0 saturated heterocycles. The molecule has 0 N–H and O–H groups in total. The predicted molar refractivity (Wildman–Crippen MR) is 157 cm³/mol. The van der Waals surface area contributed by atoms with Crippen LogP contribution in [0.25, 0.3) is 0 Å². The summed E-state index contributed by atoms with van der Waals surface area (Å²) in [6, 6.07) is 1.59. The third kappa shape index (κ3) is 8.83. The van der Waals surface area contributed by atoms with E-state index in [9.17, 15) is 14.4 Å². The molecule has 1 atom stereocenters. The summed E-state index contributed by atoms with van der Waals surface area (Å²) < 4.78 is 10.8. The predicted octanol–water partition coefficient (Wildman–Crippen LogP) is 7.24. The number of ether oxygens (including phenoxy) is 2. The minimum atomic E-state index is -0.473. The molecule has 0 unspecified atom stereocenters. The Morgan fingerprint density at radius 1 is 1.00 bits per heavy atom. The SMILES string of the molecule is COC(=O)c1sc(C#CC(C)(C)C)cc1N(C(=O)C1CCC(C)CC1)[C@@H](C)CCOC(=O)C1CCC(C)CC1. The number of rotatable bonds is 8. The van der Waals surface area contributed by atoms with E-state index in [1.807, 2.05) is 33.8 Å². The molecule has 6 nitrogen and oxygen atoms in total. The first-order valence-electron chi connectivity index (χ1n) is 14.6. The average Bonchev–Trinajstić information content (AvgIpc) is 3.31. The van der Waals surface area contributed by atoms with E-state index < -0.39 is 5.97 Å². The standard InChI is InChI=1S/C32H47NO5S/c1-21-8-12-24(13-9-21)29(34)33(23(3)17-19-38-30(35)25-14-10-22(2)11-15-25)27-20-26(16-18-32(4,5)6)39-28(27)31(36)37-7/h20-25H,8-15,17,19H2,1-7H3/t21?,22?,23-,24?,25?/m0/s1. The second-order valence-corrected chi connectivity index (χ2v) is 13.8. The van der Waals surface area contributed by atoms with Crippen LogP contribution in [0.15, 0.2) is 6.07 Å². The Kier molecular flexibility index (Phi) is 11.1. The molecule has 216 valence electrons. The highest BCUT2D eigenvalue weighted by Gasteiger charge is 2.35. The van der Waals surface area contributed by atoms with Crippen LogP contribution in [0, 0.1) is 40.9 Å². The van der Waals surface area contributed by atoms with Crippen LogP contribution >= 0.6 is 11.3 Å².